The summed E-state index contributed by atoms with van der Waals surface area (Å²) in [5, 5.41) is 5.83. The molecule has 1 aromatic rings. The first-order chi connectivity index (χ1) is 12.1. The number of pyridine rings is 1. The van der Waals surface area contributed by atoms with E-state index >= 15 is 0 Å². The molecule has 0 aliphatic heterocycles. The van der Waals surface area contributed by atoms with Crippen LogP contribution in [0.3, 0.4) is 0 Å². The van der Waals surface area contributed by atoms with Crippen LogP contribution in [0.25, 0.3) is 0 Å². The second kappa shape index (κ2) is 6.77. The molecule has 4 bridgehead atoms. The highest BCUT2D eigenvalue weighted by atomic mass is 16.2. The van der Waals surface area contributed by atoms with Gasteiger partial charge >= 0.3 is 0 Å². The minimum atomic E-state index is -0.127. The number of hydrogen-bond donors (Lipinski definition) is 2. The minimum absolute atomic E-state index is 0.127. The fourth-order valence-electron chi connectivity index (χ4n) is 5.89. The lowest BCUT2D eigenvalue weighted by molar-refractivity contribution is -0.129. The monoisotopic (exact) mass is 341 g/mol. The van der Waals surface area contributed by atoms with Crippen LogP contribution in [0.5, 0.6) is 0 Å². The Hall–Kier alpha value is -1.91. The van der Waals surface area contributed by atoms with Crippen molar-refractivity contribution in [3.63, 3.8) is 0 Å². The lowest BCUT2D eigenvalue weighted by Crippen LogP contribution is -2.48. The molecule has 5 heteroatoms. The first-order valence-corrected chi connectivity index (χ1v) is 9.57. The Kier molecular flexibility index (Phi) is 4.48. The van der Waals surface area contributed by atoms with E-state index in [2.05, 4.69) is 15.6 Å². The summed E-state index contributed by atoms with van der Waals surface area (Å²) in [5.41, 5.74) is 0.869. The number of carbonyl (C=O) groups excluding carboxylic acids is 2. The van der Waals surface area contributed by atoms with Crippen LogP contribution in [-0.4, -0.2) is 29.9 Å². The molecule has 0 aromatic carbocycles. The zero-order valence-corrected chi connectivity index (χ0v) is 14.7. The second-order valence-corrected chi connectivity index (χ2v) is 8.44. The van der Waals surface area contributed by atoms with Gasteiger partial charge < -0.3 is 10.6 Å². The van der Waals surface area contributed by atoms with E-state index in [1.54, 1.807) is 24.5 Å². The van der Waals surface area contributed by atoms with Crippen LogP contribution < -0.4 is 10.6 Å². The number of aromatic nitrogens is 1. The predicted molar refractivity (Wildman–Crippen MR) is 94.8 cm³/mol. The molecule has 5 nitrogen and oxygen atoms in total. The van der Waals surface area contributed by atoms with Gasteiger partial charge in [0.25, 0.3) is 5.91 Å². The third-order valence-corrected chi connectivity index (χ3v) is 6.38. The SMILES string of the molecule is O=C(CC12CC3CC(CC(C3)C1)C2)NCCNC(=O)c1ccncc1. The summed E-state index contributed by atoms with van der Waals surface area (Å²) >= 11 is 0. The van der Waals surface area contributed by atoms with Gasteiger partial charge in [-0.2, -0.15) is 0 Å². The molecular weight excluding hydrogens is 314 g/mol. The van der Waals surface area contributed by atoms with Crippen molar-refractivity contribution in [3.8, 4) is 0 Å². The van der Waals surface area contributed by atoms with Gasteiger partial charge in [-0.25, -0.2) is 0 Å². The van der Waals surface area contributed by atoms with Gasteiger partial charge in [0.15, 0.2) is 0 Å². The van der Waals surface area contributed by atoms with Crippen molar-refractivity contribution in [3.05, 3.63) is 30.1 Å². The van der Waals surface area contributed by atoms with Crippen LogP contribution in [0.15, 0.2) is 24.5 Å². The molecule has 4 fully saturated rings. The molecule has 4 saturated carbocycles. The van der Waals surface area contributed by atoms with Gasteiger partial charge in [-0.05, 0) is 73.8 Å². The average molecular weight is 341 g/mol. The molecule has 0 atom stereocenters. The number of hydrogen-bond acceptors (Lipinski definition) is 3. The molecule has 25 heavy (non-hydrogen) atoms. The first kappa shape index (κ1) is 16.6. The third-order valence-electron chi connectivity index (χ3n) is 6.38. The smallest absolute Gasteiger partial charge is 0.251 e. The molecule has 0 spiro atoms. The van der Waals surface area contributed by atoms with Crippen LogP contribution in [-0.2, 0) is 4.79 Å². The summed E-state index contributed by atoms with van der Waals surface area (Å²) in [6.07, 6.45) is 11.9. The van der Waals surface area contributed by atoms with Crippen molar-refractivity contribution in [1.82, 2.24) is 15.6 Å². The maximum Gasteiger partial charge on any atom is 0.251 e. The fourth-order valence-corrected chi connectivity index (χ4v) is 5.89. The molecule has 4 aliphatic rings. The first-order valence-electron chi connectivity index (χ1n) is 9.57. The molecule has 0 radical (unpaired) electrons. The summed E-state index contributed by atoms with van der Waals surface area (Å²) in [5.74, 6) is 2.65. The van der Waals surface area contributed by atoms with E-state index in [1.165, 1.54) is 38.5 Å². The maximum atomic E-state index is 12.4. The van der Waals surface area contributed by atoms with Crippen molar-refractivity contribution in [2.24, 2.45) is 23.2 Å². The Morgan fingerprint density at radius 1 is 0.960 bits per heavy atom. The van der Waals surface area contributed by atoms with Gasteiger partial charge in [0.05, 0.1) is 0 Å². The summed E-state index contributed by atoms with van der Waals surface area (Å²) in [6, 6.07) is 3.36. The summed E-state index contributed by atoms with van der Waals surface area (Å²) in [7, 11) is 0. The fraction of sp³-hybridized carbons (Fsp3) is 0.650. The Balaban J connectivity index is 1.20. The molecule has 4 aliphatic carbocycles. The van der Waals surface area contributed by atoms with E-state index in [9.17, 15) is 9.59 Å². The van der Waals surface area contributed by atoms with E-state index in [-0.39, 0.29) is 17.2 Å². The van der Waals surface area contributed by atoms with Gasteiger partial charge in [0, 0.05) is 37.5 Å². The number of nitrogens with one attached hydrogen (secondary N) is 2. The minimum Gasteiger partial charge on any atom is -0.354 e. The van der Waals surface area contributed by atoms with E-state index in [4.69, 9.17) is 0 Å². The van der Waals surface area contributed by atoms with Gasteiger partial charge in [0.1, 0.15) is 0 Å². The van der Waals surface area contributed by atoms with E-state index in [0.29, 0.717) is 25.1 Å². The molecule has 0 unspecified atom stereocenters. The molecule has 2 N–H and O–H groups in total. The van der Waals surface area contributed by atoms with Crippen molar-refractivity contribution in [1.29, 1.82) is 0 Å². The lowest BCUT2D eigenvalue weighted by Gasteiger charge is -2.56. The van der Waals surface area contributed by atoms with Crippen molar-refractivity contribution >= 4 is 11.8 Å². The highest BCUT2D eigenvalue weighted by molar-refractivity contribution is 5.93. The molecule has 1 aromatic heterocycles. The maximum absolute atomic E-state index is 12.4. The van der Waals surface area contributed by atoms with Crippen molar-refractivity contribution in [2.45, 2.75) is 44.9 Å². The van der Waals surface area contributed by atoms with Crippen molar-refractivity contribution < 1.29 is 9.59 Å². The van der Waals surface area contributed by atoms with E-state index < -0.39 is 0 Å². The Morgan fingerprint density at radius 3 is 2.12 bits per heavy atom. The highest BCUT2D eigenvalue weighted by Crippen LogP contribution is 2.61. The van der Waals surface area contributed by atoms with Crippen LogP contribution in [0.1, 0.15) is 55.3 Å². The largest absolute Gasteiger partial charge is 0.354 e. The predicted octanol–water partition coefficient (Wildman–Crippen LogP) is 2.53. The van der Waals surface area contributed by atoms with E-state index in [1.807, 2.05) is 0 Å². The summed E-state index contributed by atoms with van der Waals surface area (Å²) in [6.45, 7) is 0.940. The normalized spacial score (nSPS) is 32.4. The quantitative estimate of drug-likeness (QED) is 0.781. The molecule has 5 rings (SSSR count). The zero-order valence-electron chi connectivity index (χ0n) is 14.7. The van der Waals surface area contributed by atoms with Crippen LogP contribution in [0, 0.1) is 23.2 Å². The third kappa shape index (κ3) is 3.70. The number of nitrogens with zero attached hydrogens (tertiary/aromatic N) is 1. The van der Waals surface area contributed by atoms with Crippen LogP contribution in [0.2, 0.25) is 0 Å². The van der Waals surface area contributed by atoms with Gasteiger partial charge in [0.2, 0.25) is 5.91 Å². The molecule has 0 saturated heterocycles. The van der Waals surface area contributed by atoms with E-state index in [0.717, 1.165) is 17.8 Å². The Morgan fingerprint density at radius 2 is 1.52 bits per heavy atom. The summed E-state index contributed by atoms with van der Waals surface area (Å²) < 4.78 is 0. The molecule has 1 heterocycles. The van der Waals surface area contributed by atoms with Gasteiger partial charge in [-0.15, -0.1) is 0 Å². The number of carbonyl (C=O) groups is 2. The number of rotatable bonds is 6. The summed E-state index contributed by atoms with van der Waals surface area (Å²) in [4.78, 5) is 28.2. The second-order valence-electron chi connectivity index (χ2n) is 8.44. The van der Waals surface area contributed by atoms with Crippen LogP contribution in [0.4, 0.5) is 0 Å². The van der Waals surface area contributed by atoms with Crippen molar-refractivity contribution in [2.75, 3.05) is 13.1 Å². The standard InChI is InChI=1S/C20H27N3O2/c24-18(22-5-6-23-19(25)17-1-3-21-4-2-17)13-20-10-14-7-15(11-20)9-16(8-14)12-20/h1-4,14-16H,5-13H2,(H,22,24)(H,23,25). The van der Waals surface area contributed by atoms with Crippen LogP contribution >= 0.6 is 0 Å². The molecule has 2 amide bonds. The zero-order chi connectivity index (χ0) is 17.3. The Labute approximate surface area is 149 Å². The molecule has 134 valence electrons. The highest BCUT2D eigenvalue weighted by Gasteiger charge is 2.51. The van der Waals surface area contributed by atoms with Gasteiger partial charge in [-0.3, -0.25) is 14.6 Å². The molecular formula is C20H27N3O2. The number of amides is 2. The lowest BCUT2D eigenvalue weighted by atomic mass is 9.49. The van der Waals surface area contributed by atoms with Gasteiger partial charge in [-0.1, -0.05) is 0 Å². The average Bonchev–Trinajstić information content (AvgIpc) is 2.57. The topological polar surface area (TPSA) is 71.1 Å². The Bertz CT molecular complexity index is 608.